The maximum Gasteiger partial charge on any atom is 0.123 e. The van der Waals surface area contributed by atoms with Crippen LogP contribution in [-0.4, -0.2) is 23.7 Å². The summed E-state index contributed by atoms with van der Waals surface area (Å²) >= 11 is 5.92. The van der Waals surface area contributed by atoms with Gasteiger partial charge in [0, 0.05) is 12.4 Å². The summed E-state index contributed by atoms with van der Waals surface area (Å²) in [6.45, 7) is 2.68. The van der Waals surface area contributed by atoms with E-state index in [1.807, 2.05) is 25.3 Å². The van der Waals surface area contributed by atoms with Crippen molar-refractivity contribution in [1.29, 1.82) is 0 Å². The van der Waals surface area contributed by atoms with Gasteiger partial charge in [-0.05, 0) is 43.3 Å². The topological polar surface area (TPSA) is 37.3 Å². The van der Waals surface area contributed by atoms with Gasteiger partial charge in [-0.15, -0.1) is 0 Å². The van der Waals surface area contributed by atoms with Crippen LogP contribution in [-0.2, 0) is 5.54 Å². The smallest absolute Gasteiger partial charge is 0.123 e. The van der Waals surface area contributed by atoms with Crippen LogP contribution in [0.3, 0.4) is 0 Å². The number of rotatable bonds is 2. The molecule has 1 aliphatic rings. The van der Waals surface area contributed by atoms with Crippen LogP contribution in [0.5, 0.6) is 0 Å². The van der Waals surface area contributed by atoms with Crippen LogP contribution in [0.2, 0.25) is 0 Å². The van der Waals surface area contributed by atoms with Crippen LogP contribution in [0.15, 0.2) is 41.2 Å². The number of dihydropyridines is 1. The minimum absolute atomic E-state index is 0.249. The fourth-order valence-corrected chi connectivity index (χ4v) is 2.27. The van der Waals surface area contributed by atoms with Crippen molar-refractivity contribution in [1.82, 2.24) is 10.3 Å². The summed E-state index contributed by atoms with van der Waals surface area (Å²) in [6, 6.07) is 4.01. The zero-order valence-corrected chi connectivity index (χ0v) is 10.1. The van der Waals surface area contributed by atoms with Gasteiger partial charge >= 0.3 is 0 Å². The van der Waals surface area contributed by atoms with Crippen molar-refractivity contribution in [3.05, 3.63) is 41.7 Å². The Balaban J connectivity index is 2.47. The first-order valence-electron chi connectivity index (χ1n) is 5.17. The molecule has 0 aromatic carbocycles. The van der Waals surface area contributed by atoms with Crippen molar-refractivity contribution in [2.75, 3.05) is 13.6 Å². The Morgan fingerprint density at radius 3 is 2.62 bits per heavy atom. The van der Waals surface area contributed by atoms with E-state index in [1.165, 1.54) is 5.57 Å². The summed E-state index contributed by atoms with van der Waals surface area (Å²) in [5, 5.41) is 3.91. The third-order valence-electron chi connectivity index (χ3n) is 3.08. The number of likely N-dealkylation sites (N-methyl/N-ethyl adjacent to an activating group) is 1. The molecule has 2 heterocycles. The third kappa shape index (κ3) is 1.77. The average Bonchev–Trinajstić information content (AvgIpc) is 2.31. The first-order valence-corrected chi connectivity index (χ1v) is 5.55. The molecule has 0 radical (unpaired) electrons. The average molecular weight is 236 g/mol. The fourth-order valence-electron chi connectivity index (χ4n) is 2.04. The van der Waals surface area contributed by atoms with E-state index in [2.05, 4.69) is 22.2 Å². The monoisotopic (exact) mass is 235 g/mol. The second-order valence-corrected chi connectivity index (χ2v) is 4.24. The number of hydrogen-bond donors (Lipinski definition) is 1. The Bertz CT molecular complexity index is 439. The molecule has 0 saturated heterocycles. The van der Waals surface area contributed by atoms with Gasteiger partial charge in [-0.2, -0.15) is 0 Å². The molecule has 0 amide bonds. The molecule has 84 valence electrons. The molecule has 1 atom stereocenters. The molecule has 3 nitrogen and oxygen atoms in total. The molecule has 0 bridgehead atoms. The minimum atomic E-state index is -0.249. The van der Waals surface area contributed by atoms with Crippen molar-refractivity contribution in [2.45, 2.75) is 12.5 Å². The Labute approximate surface area is 100 Å². The molecule has 4 heteroatoms. The second kappa shape index (κ2) is 4.36. The first kappa shape index (κ1) is 11.3. The number of allylic oxidation sites excluding steroid dienone is 1. The predicted molar refractivity (Wildman–Crippen MR) is 66.9 cm³/mol. The van der Waals surface area contributed by atoms with E-state index in [4.69, 9.17) is 11.6 Å². The Morgan fingerprint density at radius 2 is 2.06 bits per heavy atom. The molecule has 0 saturated carbocycles. The highest BCUT2D eigenvalue weighted by Gasteiger charge is 2.34. The van der Waals surface area contributed by atoms with Crippen LogP contribution in [0, 0.1) is 0 Å². The summed E-state index contributed by atoms with van der Waals surface area (Å²) in [5.74, 6) is 0. The highest BCUT2D eigenvalue weighted by atomic mass is 35.5. The SMILES string of the molecule is CNC1(c2ccncc2)CN=C(Cl)C=C1C. The lowest BCUT2D eigenvalue weighted by Gasteiger charge is -2.35. The van der Waals surface area contributed by atoms with Crippen LogP contribution in [0.25, 0.3) is 0 Å². The molecule has 0 fully saturated rings. The quantitative estimate of drug-likeness (QED) is 0.853. The lowest BCUT2D eigenvalue weighted by molar-refractivity contribution is 0.437. The van der Waals surface area contributed by atoms with Gasteiger partial charge in [0.15, 0.2) is 0 Å². The number of hydrogen-bond acceptors (Lipinski definition) is 3. The molecule has 1 aromatic heterocycles. The minimum Gasteiger partial charge on any atom is -0.306 e. The molecule has 1 unspecified atom stereocenters. The molecule has 0 spiro atoms. The third-order valence-corrected chi connectivity index (χ3v) is 3.30. The van der Waals surface area contributed by atoms with Crippen molar-refractivity contribution in [3.8, 4) is 0 Å². The number of nitrogens with zero attached hydrogens (tertiary/aromatic N) is 2. The summed E-state index contributed by atoms with van der Waals surface area (Å²) < 4.78 is 0. The van der Waals surface area contributed by atoms with Crippen molar-refractivity contribution in [2.24, 2.45) is 4.99 Å². The molecular weight excluding hydrogens is 222 g/mol. The maximum atomic E-state index is 5.92. The van der Waals surface area contributed by atoms with Gasteiger partial charge in [0.05, 0.1) is 12.1 Å². The Morgan fingerprint density at radius 1 is 1.38 bits per heavy atom. The summed E-state index contributed by atoms with van der Waals surface area (Å²) in [6.07, 6.45) is 5.49. The van der Waals surface area contributed by atoms with Gasteiger partial charge in [0.25, 0.3) is 0 Å². The van der Waals surface area contributed by atoms with E-state index in [0.29, 0.717) is 11.7 Å². The van der Waals surface area contributed by atoms with Gasteiger partial charge in [-0.25, -0.2) is 0 Å². The van der Waals surface area contributed by atoms with Gasteiger partial charge in [0.2, 0.25) is 0 Å². The van der Waals surface area contributed by atoms with Gasteiger partial charge < -0.3 is 5.32 Å². The zero-order valence-electron chi connectivity index (χ0n) is 9.37. The highest BCUT2D eigenvalue weighted by Crippen LogP contribution is 2.31. The second-order valence-electron chi connectivity index (χ2n) is 3.86. The van der Waals surface area contributed by atoms with Crippen molar-refractivity contribution in [3.63, 3.8) is 0 Å². The summed E-state index contributed by atoms with van der Waals surface area (Å²) in [5.41, 5.74) is 2.08. The van der Waals surface area contributed by atoms with E-state index in [1.54, 1.807) is 12.4 Å². The van der Waals surface area contributed by atoms with Crippen LogP contribution < -0.4 is 5.32 Å². The molecule has 16 heavy (non-hydrogen) atoms. The standard InChI is InChI=1S/C12H14ClN3/c1-9-7-11(13)16-8-12(9,14-2)10-3-5-15-6-4-10/h3-7,14H,8H2,1-2H3. The van der Waals surface area contributed by atoms with Gasteiger partial charge in [0.1, 0.15) is 5.17 Å². The molecular formula is C12H14ClN3. The van der Waals surface area contributed by atoms with Crippen LogP contribution >= 0.6 is 11.6 Å². The van der Waals surface area contributed by atoms with E-state index in [0.717, 1.165) is 5.56 Å². The number of aromatic nitrogens is 1. The fraction of sp³-hybridized carbons (Fsp3) is 0.333. The number of pyridine rings is 1. The van der Waals surface area contributed by atoms with E-state index < -0.39 is 0 Å². The number of aliphatic imine (C=N–C) groups is 1. The van der Waals surface area contributed by atoms with E-state index >= 15 is 0 Å². The zero-order chi connectivity index (χ0) is 11.6. The van der Waals surface area contributed by atoms with E-state index in [-0.39, 0.29) is 5.54 Å². The predicted octanol–water partition coefficient (Wildman–Crippen LogP) is 2.09. The Kier molecular flexibility index (Phi) is 3.08. The van der Waals surface area contributed by atoms with Crippen LogP contribution in [0.1, 0.15) is 12.5 Å². The largest absolute Gasteiger partial charge is 0.306 e. The van der Waals surface area contributed by atoms with Crippen molar-refractivity contribution < 1.29 is 0 Å². The molecule has 1 N–H and O–H groups in total. The number of halogens is 1. The Hall–Kier alpha value is -1.19. The lowest BCUT2D eigenvalue weighted by atomic mass is 9.82. The summed E-state index contributed by atoms with van der Waals surface area (Å²) in [4.78, 5) is 8.34. The molecule has 0 aliphatic carbocycles. The highest BCUT2D eigenvalue weighted by molar-refractivity contribution is 6.68. The maximum absolute atomic E-state index is 5.92. The normalized spacial score (nSPS) is 24.9. The molecule has 1 aliphatic heterocycles. The molecule has 1 aromatic rings. The lowest BCUT2D eigenvalue weighted by Crippen LogP contribution is -2.45. The van der Waals surface area contributed by atoms with E-state index in [9.17, 15) is 0 Å². The number of nitrogens with one attached hydrogen (secondary N) is 1. The summed E-state index contributed by atoms with van der Waals surface area (Å²) in [7, 11) is 1.94. The van der Waals surface area contributed by atoms with Gasteiger partial charge in [-0.3, -0.25) is 9.98 Å². The van der Waals surface area contributed by atoms with Crippen molar-refractivity contribution >= 4 is 16.8 Å². The van der Waals surface area contributed by atoms with Crippen LogP contribution in [0.4, 0.5) is 0 Å². The van der Waals surface area contributed by atoms with Gasteiger partial charge in [-0.1, -0.05) is 11.6 Å². The molecule has 2 rings (SSSR count). The first-order chi connectivity index (χ1) is 7.69.